The Labute approximate surface area is 86.3 Å². The molecule has 3 N–H and O–H groups in total. The molecule has 13 heavy (non-hydrogen) atoms. The van der Waals surface area contributed by atoms with E-state index >= 15 is 0 Å². The second-order valence-corrected chi connectivity index (χ2v) is 4.82. The Bertz CT molecular complexity index is 126. The molecule has 0 heterocycles. The van der Waals surface area contributed by atoms with E-state index in [1.807, 2.05) is 25.6 Å². The second-order valence-electron chi connectivity index (χ2n) is 3.79. The van der Waals surface area contributed by atoms with Crippen LogP contribution in [0.25, 0.3) is 0 Å². The molecule has 0 aromatic heterocycles. The third-order valence-corrected chi connectivity index (χ3v) is 4.04. The van der Waals surface area contributed by atoms with Crippen LogP contribution in [0.15, 0.2) is 0 Å². The molecule has 0 aromatic rings. The molecule has 0 amide bonds. The summed E-state index contributed by atoms with van der Waals surface area (Å²) in [6, 6.07) is 0. The highest BCUT2D eigenvalue weighted by atomic mass is 32.2. The molecule has 0 aliphatic carbocycles. The summed E-state index contributed by atoms with van der Waals surface area (Å²) >= 11 is 1.81. The van der Waals surface area contributed by atoms with Gasteiger partial charge < -0.3 is 10.8 Å². The van der Waals surface area contributed by atoms with Crippen LogP contribution in [0.3, 0.4) is 0 Å². The minimum atomic E-state index is -0.459. The van der Waals surface area contributed by atoms with Gasteiger partial charge in [-0.3, -0.25) is 0 Å². The molecule has 0 radical (unpaired) electrons. The first-order chi connectivity index (χ1) is 6.08. The quantitative estimate of drug-likeness (QED) is 0.667. The third kappa shape index (κ3) is 5.55. The minimum absolute atomic E-state index is 0.459. The van der Waals surface area contributed by atoms with Gasteiger partial charge in [0.1, 0.15) is 0 Å². The molecule has 0 saturated carbocycles. The van der Waals surface area contributed by atoms with Crippen molar-refractivity contribution in [3.05, 3.63) is 0 Å². The van der Waals surface area contributed by atoms with E-state index in [2.05, 4.69) is 6.92 Å². The smallest absolute Gasteiger partial charge is 0.0732 e. The SMILES string of the molecule is CCC(O)(CC)CSCC(C)CN. The van der Waals surface area contributed by atoms with Crippen LogP contribution >= 0.6 is 11.8 Å². The third-order valence-electron chi connectivity index (χ3n) is 2.49. The highest BCUT2D eigenvalue weighted by molar-refractivity contribution is 7.99. The molecule has 0 saturated heterocycles. The monoisotopic (exact) mass is 205 g/mol. The van der Waals surface area contributed by atoms with E-state index < -0.39 is 5.60 Å². The first kappa shape index (κ1) is 13.3. The van der Waals surface area contributed by atoms with Crippen molar-refractivity contribution >= 4 is 11.8 Å². The Kier molecular flexibility index (Phi) is 6.82. The van der Waals surface area contributed by atoms with Gasteiger partial charge in [-0.25, -0.2) is 0 Å². The lowest BCUT2D eigenvalue weighted by atomic mass is 10.0. The van der Waals surface area contributed by atoms with Gasteiger partial charge in [0.2, 0.25) is 0 Å². The molecule has 0 aliphatic rings. The van der Waals surface area contributed by atoms with Crippen LogP contribution in [0.1, 0.15) is 33.6 Å². The Balaban J connectivity index is 3.61. The normalized spacial score (nSPS) is 14.5. The zero-order valence-corrected chi connectivity index (χ0v) is 9.86. The molecule has 0 spiro atoms. The van der Waals surface area contributed by atoms with Gasteiger partial charge >= 0.3 is 0 Å². The number of rotatable bonds is 7. The van der Waals surface area contributed by atoms with Crippen molar-refractivity contribution in [1.29, 1.82) is 0 Å². The maximum absolute atomic E-state index is 9.96. The Morgan fingerprint density at radius 3 is 2.31 bits per heavy atom. The van der Waals surface area contributed by atoms with Crippen LogP contribution in [-0.2, 0) is 0 Å². The van der Waals surface area contributed by atoms with E-state index in [1.165, 1.54) is 0 Å². The van der Waals surface area contributed by atoms with Gasteiger partial charge in [-0.05, 0) is 31.1 Å². The van der Waals surface area contributed by atoms with Crippen molar-refractivity contribution < 1.29 is 5.11 Å². The molecule has 0 aliphatic heterocycles. The van der Waals surface area contributed by atoms with Gasteiger partial charge in [-0.15, -0.1) is 0 Å². The summed E-state index contributed by atoms with van der Waals surface area (Å²) in [4.78, 5) is 0. The summed E-state index contributed by atoms with van der Waals surface area (Å²) in [5, 5.41) is 9.96. The van der Waals surface area contributed by atoms with Crippen LogP contribution < -0.4 is 5.73 Å². The molecule has 1 atom stereocenters. The summed E-state index contributed by atoms with van der Waals surface area (Å²) < 4.78 is 0. The summed E-state index contributed by atoms with van der Waals surface area (Å²) in [5.74, 6) is 2.45. The molecule has 0 rings (SSSR count). The van der Waals surface area contributed by atoms with Crippen molar-refractivity contribution in [2.75, 3.05) is 18.1 Å². The zero-order chi connectivity index (χ0) is 10.3. The topological polar surface area (TPSA) is 46.2 Å². The van der Waals surface area contributed by atoms with Crippen LogP contribution in [0.4, 0.5) is 0 Å². The summed E-state index contributed by atoms with van der Waals surface area (Å²) in [5.41, 5.74) is 5.05. The first-order valence-corrected chi connectivity index (χ1v) is 6.23. The van der Waals surface area contributed by atoms with E-state index in [1.54, 1.807) is 0 Å². The van der Waals surface area contributed by atoms with Crippen LogP contribution in [0, 0.1) is 5.92 Å². The Morgan fingerprint density at radius 1 is 1.38 bits per heavy atom. The van der Waals surface area contributed by atoms with Crippen molar-refractivity contribution in [3.63, 3.8) is 0 Å². The Morgan fingerprint density at radius 2 is 1.92 bits per heavy atom. The van der Waals surface area contributed by atoms with Crippen molar-refractivity contribution in [2.45, 2.75) is 39.2 Å². The molecule has 0 fully saturated rings. The minimum Gasteiger partial charge on any atom is -0.389 e. The van der Waals surface area contributed by atoms with Crippen molar-refractivity contribution in [3.8, 4) is 0 Å². The van der Waals surface area contributed by atoms with Gasteiger partial charge in [0.15, 0.2) is 0 Å². The van der Waals surface area contributed by atoms with Gasteiger partial charge in [0, 0.05) is 5.75 Å². The molecular weight excluding hydrogens is 182 g/mol. The van der Waals surface area contributed by atoms with Gasteiger partial charge in [-0.1, -0.05) is 20.8 Å². The van der Waals surface area contributed by atoms with E-state index in [9.17, 15) is 5.11 Å². The van der Waals surface area contributed by atoms with Crippen LogP contribution in [0.5, 0.6) is 0 Å². The highest BCUT2D eigenvalue weighted by Gasteiger charge is 2.21. The van der Waals surface area contributed by atoms with Gasteiger partial charge in [-0.2, -0.15) is 11.8 Å². The lowest BCUT2D eigenvalue weighted by molar-refractivity contribution is 0.0571. The fourth-order valence-electron chi connectivity index (χ4n) is 0.972. The predicted octanol–water partition coefficient (Wildman–Crippen LogP) is 1.87. The van der Waals surface area contributed by atoms with E-state index in [0.29, 0.717) is 5.92 Å². The van der Waals surface area contributed by atoms with Gasteiger partial charge in [0.25, 0.3) is 0 Å². The largest absolute Gasteiger partial charge is 0.389 e. The number of aliphatic hydroxyl groups is 1. The molecular formula is C10H23NOS. The molecule has 80 valence electrons. The summed E-state index contributed by atoms with van der Waals surface area (Å²) in [7, 11) is 0. The molecule has 1 unspecified atom stereocenters. The van der Waals surface area contributed by atoms with Crippen molar-refractivity contribution in [2.24, 2.45) is 11.7 Å². The summed E-state index contributed by atoms with van der Waals surface area (Å²) in [6.07, 6.45) is 1.68. The number of thioether (sulfide) groups is 1. The average molecular weight is 205 g/mol. The molecule has 3 heteroatoms. The maximum Gasteiger partial charge on any atom is 0.0732 e. The standard InChI is InChI=1S/C10H23NOS/c1-4-10(12,5-2)8-13-7-9(3)6-11/h9,12H,4-8,11H2,1-3H3. The summed E-state index contributed by atoms with van der Waals surface area (Å²) in [6.45, 7) is 6.96. The average Bonchev–Trinajstić information content (AvgIpc) is 2.17. The number of hydrogen-bond donors (Lipinski definition) is 2. The highest BCUT2D eigenvalue weighted by Crippen LogP contribution is 2.21. The molecule has 0 aromatic carbocycles. The number of hydrogen-bond acceptors (Lipinski definition) is 3. The van der Waals surface area contributed by atoms with E-state index in [0.717, 1.165) is 30.9 Å². The lowest BCUT2D eigenvalue weighted by Gasteiger charge is -2.25. The van der Waals surface area contributed by atoms with E-state index in [4.69, 9.17) is 5.73 Å². The van der Waals surface area contributed by atoms with E-state index in [-0.39, 0.29) is 0 Å². The predicted molar refractivity (Wildman–Crippen MR) is 61.1 cm³/mol. The maximum atomic E-state index is 9.96. The Hall–Kier alpha value is 0.270. The first-order valence-electron chi connectivity index (χ1n) is 5.08. The second kappa shape index (κ2) is 6.68. The fourth-order valence-corrected chi connectivity index (χ4v) is 2.42. The van der Waals surface area contributed by atoms with Crippen molar-refractivity contribution in [1.82, 2.24) is 0 Å². The van der Waals surface area contributed by atoms with Gasteiger partial charge in [0.05, 0.1) is 5.60 Å². The van der Waals surface area contributed by atoms with Crippen LogP contribution in [0.2, 0.25) is 0 Å². The fraction of sp³-hybridized carbons (Fsp3) is 1.00. The lowest BCUT2D eigenvalue weighted by Crippen LogP contribution is -2.30. The zero-order valence-electron chi connectivity index (χ0n) is 9.05. The molecule has 0 bridgehead atoms. The van der Waals surface area contributed by atoms with Crippen LogP contribution in [-0.4, -0.2) is 28.8 Å². The number of nitrogens with two attached hydrogens (primary N) is 1. The molecule has 2 nitrogen and oxygen atoms in total.